The van der Waals surface area contributed by atoms with Crippen molar-refractivity contribution < 1.29 is 9.59 Å². The molecular formula is C15H18N2O2. The van der Waals surface area contributed by atoms with Crippen LogP contribution in [-0.4, -0.2) is 31.3 Å². The first-order chi connectivity index (χ1) is 9.16. The number of Topliss-reactive ketones (excluding diaryl/α,β-unsaturated/α-hetero) is 1. The summed E-state index contributed by atoms with van der Waals surface area (Å²) in [4.78, 5) is 25.7. The first-order valence-electron chi connectivity index (χ1n) is 6.84. The number of aryl methyl sites for hydroxylation is 1. The van der Waals surface area contributed by atoms with Gasteiger partial charge in [-0.3, -0.25) is 9.59 Å². The van der Waals surface area contributed by atoms with Gasteiger partial charge in [-0.25, -0.2) is 0 Å². The molecule has 0 aromatic heterocycles. The molecule has 1 atom stereocenters. The lowest BCUT2D eigenvalue weighted by atomic mass is 9.95. The second-order valence-corrected chi connectivity index (χ2v) is 5.31. The van der Waals surface area contributed by atoms with Crippen molar-refractivity contribution >= 4 is 17.4 Å². The predicted octanol–water partition coefficient (Wildman–Crippen LogP) is 1.53. The summed E-state index contributed by atoms with van der Waals surface area (Å²) < 4.78 is 0. The maximum atomic E-state index is 12.3. The van der Waals surface area contributed by atoms with E-state index < -0.39 is 0 Å². The molecule has 1 N–H and O–H groups in total. The molecule has 2 heterocycles. The number of fused-ring (bicyclic) bond motifs is 1. The average Bonchev–Trinajstić information content (AvgIpc) is 2.96. The van der Waals surface area contributed by atoms with Gasteiger partial charge in [0, 0.05) is 24.7 Å². The van der Waals surface area contributed by atoms with Crippen molar-refractivity contribution in [3.8, 4) is 0 Å². The zero-order valence-corrected chi connectivity index (χ0v) is 11.1. The van der Waals surface area contributed by atoms with Crippen LogP contribution in [0.2, 0.25) is 0 Å². The zero-order chi connectivity index (χ0) is 13.4. The van der Waals surface area contributed by atoms with Crippen LogP contribution in [0.15, 0.2) is 18.2 Å². The van der Waals surface area contributed by atoms with Gasteiger partial charge < -0.3 is 10.2 Å². The van der Waals surface area contributed by atoms with Crippen molar-refractivity contribution in [1.29, 1.82) is 0 Å². The monoisotopic (exact) mass is 258 g/mol. The summed E-state index contributed by atoms with van der Waals surface area (Å²) in [6, 6.07) is 5.67. The third-order valence-corrected chi connectivity index (χ3v) is 4.08. The first-order valence-corrected chi connectivity index (χ1v) is 6.84. The van der Waals surface area contributed by atoms with Crippen LogP contribution in [0.5, 0.6) is 0 Å². The van der Waals surface area contributed by atoms with E-state index in [2.05, 4.69) is 5.32 Å². The number of hydrogen-bond donors (Lipinski definition) is 1. The molecule has 2 aliphatic heterocycles. The van der Waals surface area contributed by atoms with Crippen LogP contribution in [0, 0.1) is 0 Å². The average molecular weight is 258 g/mol. The first kappa shape index (κ1) is 12.4. The molecular weight excluding hydrogens is 240 g/mol. The molecule has 0 spiro atoms. The minimum atomic E-state index is -0.0268. The fourth-order valence-corrected chi connectivity index (χ4v) is 2.92. The Labute approximate surface area is 112 Å². The van der Waals surface area contributed by atoms with Gasteiger partial charge in [0.15, 0.2) is 5.78 Å². The van der Waals surface area contributed by atoms with Gasteiger partial charge in [0.2, 0.25) is 5.91 Å². The lowest BCUT2D eigenvalue weighted by Crippen LogP contribution is -2.32. The van der Waals surface area contributed by atoms with E-state index in [4.69, 9.17) is 0 Å². The molecule has 1 fully saturated rings. The van der Waals surface area contributed by atoms with E-state index in [-0.39, 0.29) is 17.7 Å². The quantitative estimate of drug-likeness (QED) is 0.818. The molecule has 2 aliphatic rings. The van der Waals surface area contributed by atoms with Crippen LogP contribution in [0.1, 0.15) is 35.2 Å². The van der Waals surface area contributed by atoms with E-state index in [1.165, 1.54) is 0 Å². The van der Waals surface area contributed by atoms with Crippen molar-refractivity contribution in [3.63, 3.8) is 0 Å². The molecule has 4 heteroatoms. The fourth-order valence-electron chi connectivity index (χ4n) is 2.92. The Kier molecular flexibility index (Phi) is 3.11. The summed E-state index contributed by atoms with van der Waals surface area (Å²) >= 11 is 0. The Morgan fingerprint density at radius 1 is 1.37 bits per heavy atom. The Morgan fingerprint density at radius 3 is 2.95 bits per heavy atom. The minimum Gasteiger partial charge on any atom is -0.315 e. The van der Waals surface area contributed by atoms with Crippen LogP contribution < -0.4 is 10.2 Å². The SMILES string of the molecule is CN1C(=O)CCc2cc(C(=O)C3CCCN3)ccc21. The molecule has 0 aliphatic carbocycles. The smallest absolute Gasteiger partial charge is 0.227 e. The molecule has 1 aromatic carbocycles. The maximum Gasteiger partial charge on any atom is 0.227 e. The number of nitrogens with one attached hydrogen (secondary N) is 1. The number of hydrogen-bond acceptors (Lipinski definition) is 3. The number of benzene rings is 1. The Morgan fingerprint density at radius 2 is 2.21 bits per heavy atom. The highest BCUT2D eigenvalue weighted by Crippen LogP contribution is 2.28. The van der Waals surface area contributed by atoms with E-state index >= 15 is 0 Å². The fraction of sp³-hybridized carbons (Fsp3) is 0.467. The number of carbonyl (C=O) groups is 2. The summed E-state index contributed by atoms with van der Waals surface area (Å²) in [6.07, 6.45) is 3.26. The molecule has 0 bridgehead atoms. The molecule has 1 aromatic rings. The zero-order valence-electron chi connectivity index (χ0n) is 11.1. The Hall–Kier alpha value is -1.68. The molecule has 0 radical (unpaired) electrons. The molecule has 19 heavy (non-hydrogen) atoms. The van der Waals surface area contributed by atoms with Gasteiger partial charge in [-0.2, -0.15) is 0 Å². The third-order valence-electron chi connectivity index (χ3n) is 4.08. The van der Waals surface area contributed by atoms with Crippen molar-refractivity contribution in [2.24, 2.45) is 0 Å². The molecule has 1 saturated heterocycles. The summed E-state index contributed by atoms with van der Waals surface area (Å²) in [6.45, 7) is 0.929. The molecule has 0 saturated carbocycles. The number of anilines is 1. The van der Waals surface area contributed by atoms with Gasteiger partial charge in [-0.05, 0) is 49.6 Å². The normalized spacial score (nSPS) is 22.5. The number of nitrogens with zero attached hydrogens (tertiary/aromatic N) is 1. The summed E-state index contributed by atoms with van der Waals surface area (Å²) in [7, 11) is 1.79. The Bertz CT molecular complexity index is 533. The van der Waals surface area contributed by atoms with E-state index in [1.807, 2.05) is 18.2 Å². The number of rotatable bonds is 2. The highest BCUT2D eigenvalue weighted by Gasteiger charge is 2.26. The highest BCUT2D eigenvalue weighted by atomic mass is 16.2. The van der Waals surface area contributed by atoms with E-state index in [0.717, 1.165) is 42.6 Å². The summed E-state index contributed by atoms with van der Waals surface area (Å²) in [5.41, 5.74) is 2.80. The summed E-state index contributed by atoms with van der Waals surface area (Å²) in [5.74, 6) is 0.323. The molecule has 100 valence electrons. The van der Waals surface area contributed by atoms with Gasteiger partial charge in [0.25, 0.3) is 0 Å². The number of carbonyl (C=O) groups excluding carboxylic acids is 2. The van der Waals surface area contributed by atoms with Gasteiger partial charge in [-0.15, -0.1) is 0 Å². The second-order valence-electron chi connectivity index (χ2n) is 5.31. The Balaban J connectivity index is 1.89. The maximum absolute atomic E-state index is 12.3. The van der Waals surface area contributed by atoms with Crippen LogP contribution >= 0.6 is 0 Å². The van der Waals surface area contributed by atoms with E-state index in [1.54, 1.807) is 11.9 Å². The predicted molar refractivity (Wildman–Crippen MR) is 73.5 cm³/mol. The lowest BCUT2D eigenvalue weighted by molar-refractivity contribution is -0.118. The van der Waals surface area contributed by atoms with Crippen LogP contribution in [0.3, 0.4) is 0 Å². The van der Waals surface area contributed by atoms with Crippen molar-refractivity contribution in [1.82, 2.24) is 5.32 Å². The number of ketones is 1. The molecule has 4 nitrogen and oxygen atoms in total. The summed E-state index contributed by atoms with van der Waals surface area (Å²) in [5, 5.41) is 3.24. The van der Waals surface area contributed by atoms with Crippen molar-refractivity contribution in [3.05, 3.63) is 29.3 Å². The van der Waals surface area contributed by atoms with Crippen molar-refractivity contribution in [2.45, 2.75) is 31.7 Å². The van der Waals surface area contributed by atoms with Crippen LogP contribution in [-0.2, 0) is 11.2 Å². The lowest BCUT2D eigenvalue weighted by Gasteiger charge is -2.26. The van der Waals surface area contributed by atoms with Crippen LogP contribution in [0.25, 0.3) is 0 Å². The molecule has 1 unspecified atom stereocenters. The van der Waals surface area contributed by atoms with Crippen molar-refractivity contribution in [2.75, 3.05) is 18.5 Å². The standard InChI is InChI=1S/C15H18N2O2/c1-17-13-6-4-11(9-10(13)5-7-14(17)18)15(19)12-3-2-8-16-12/h4,6,9,12,16H,2-3,5,7-8H2,1H3. The third kappa shape index (κ3) is 2.16. The topological polar surface area (TPSA) is 49.4 Å². The molecule has 1 amide bonds. The van der Waals surface area contributed by atoms with Gasteiger partial charge >= 0.3 is 0 Å². The highest BCUT2D eigenvalue weighted by molar-refractivity contribution is 6.02. The largest absolute Gasteiger partial charge is 0.315 e. The van der Waals surface area contributed by atoms with E-state index in [0.29, 0.717) is 6.42 Å². The minimum absolute atomic E-state index is 0.0268. The molecule has 3 rings (SSSR count). The second kappa shape index (κ2) is 4.78. The van der Waals surface area contributed by atoms with Gasteiger partial charge in [0.05, 0.1) is 6.04 Å². The van der Waals surface area contributed by atoms with Crippen LogP contribution in [0.4, 0.5) is 5.69 Å². The number of amides is 1. The van der Waals surface area contributed by atoms with Gasteiger partial charge in [-0.1, -0.05) is 0 Å². The van der Waals surface area contributed by atoms with Gasteiger partial charge in [0.1, 0.15) is 0 Å². The van der Waals surface area contributed by atoms with E-state index in [9.17, 15) is 9.59 Å².